The van der Waals surface area contributed by atoms with Crippen LogP contribution in [0.1, 0.15) is 77.8 Å². The van der Waals surface area contributed by atoms with Crippen molar-refractivity contribution >= 4 is 53.5 Å². The Kier molecular flexibility index (Phi) is 15.8. The van der Waals surface area contributed by atoms with Crippen LogP contribution in [0.15, 0.2) is 107 Å². The Balaban J connectivity index is 0.000000525. The number of unbranched alkanes of at least 4 members (excludes halogenated alkanes) is 1. The number of fused-ring (bicyclic) bond motifs is 3. The summed E-state index contributed by atoms with van der Waals surface area (Å²) in [5, 5.41) is 10.3. The molecule has 0 fully saturated rings. The second-order valence-corrected chi connectivity index (χ2v) is 15.2. The van der Waals surface area contributed by atoms with E-state index in [-0.39, 0.29) is 29.5 Å². The zero-order chi connectivity index (χ0) is 40.0. The molecule has 5 rings (SSSR count). The number of rotatable bonds is 12. The van der Waals surface area contributed by atoms with Gasteiger partial charge in [0.05, 0.1) is 0 Å². The highest BCUT2D eigenvalue weighted by molar-refractivity contribution is 8.13. The highest BCUT2D eigenvalue weighted by atomic mass is 32.2. The number of alkyl carbamates (subject to hydrolysis) is 2. The molecule has 13 heteroatoms. The van der Waals surface area contributed by atoms with Crippen molar-refractivity contribution in [3.8, 4) is 11.1 Å². The molecule has 0 saturated heterocycles. The molecule has 0 radical (unpaired) electrons. The van der Waals surface area contributed by atoms with Crippen LogP contribution in [0.2, 0.25) is 0 Å². The normalized spacial score (nSPS) is 12.1. The summed E-state index contributed by atoms with van der Waals surface area (Å²) >= 11 is 5.09. The molecule has 4 N–H and O–H groups in total. The SMILES string of the molecule is CNC(=O)c1ccc(S)cc1.CNC(=O)c1ccc(SC(=O)C(CCCCNC(=O)OC(C)(C)C)NC(=O)OCC2c3ccccc3-c3ccccc32)cc1. The van der Waals surface area contributed by atoms with Gasteiger partial charge in [-0.2, -0.15) is 0 Å². The Morgan fingerprint density at radius 2 is 1.25 bits per heavy atom. The summed E-state index contributed by atoms with van der Waals surface area (Å²) in [6.45, 7) is 5.88. The summed E-state index contributed by atoms with van der Waals surface area (Å²) in [7, 11) is 3.16. The molecule has 11 nitrogen and oxygen atoms in total. The molecule has 1 unspecified atom stereocenters. The first-order valence-electron chi connectivity index (χ1n) is 17.9. The molecule has 0 saturated carbocycles. The molecule has 4 amide bonds. The molecule has 4 aromatic rings. The van der Waals surface area contributed by atoms with Crippen LogP contribution < -0.4 is 21.3 Å². The maximum Gasteiger partial charge on any atom is 0.407 e. The Labute approximate surface area is 332 Å². The predicted molar refractivity (Wildman–Crippen MR) is 218 cm³/mol. The second-order valence-electron chi connectivity index (χ2n) is 13.6. The van der Waals surface area contributed by atoms with E-state index in [1.54, 1.807) is 83.4 Å². The number of carbonyl (C=O) groups excluding carboxylic acids is 5. The van der Waals surface area contributed by atoms with Crippen molar-refractivity contribution in [3.05, 3.63) is 119 Å². The van der Waals surface area contributed by atoms with Crippen molar-refractivity contribution in [1.29, 1.82) is 0 Å². The summed E-state index contributed by atoms with van der Waals surface area (Å²) in [6, 6.07) is 29.1. The zero-order valence-electron chi connectivity index (χ0n) is 31.6. The van der Waals surface area contributed by atoms with Crippen molar-refractivity contribution in [2.45, 2.75) is 67.4 Å². The topological polar surface area (TPSA) is 152 Å². The molecule has 0 bridgehead atoms. The number of benzene rings is 4. The van der Waals surface area contributed by atoms with Gasteiger partial charge in [0.2, 0.25) is 5.12 Å². The Morgan fingerprint density at radius 1 is 0.727 bits per heavy atom. The molecule has 55 heavy (non-hydrogen) atoms. The first kappa shape index (κ1) is 42.5. The van der Waals surface area contributed by atoms with Crippen molar-refractivity contribution in [3.63, 3.8) is 0 Å². The van der Waals surface area contributed by atoms with Crippen LogP contribution >= 0.6 is 24.4 Å². The van der Waals surface area contributed by atoms with Gasteiger partial charge in [0.25, 0.3) is 11.8 Å². The number of nitrogens with one attached hydrogen (secondary N) is 4. The molecular weight excluding hydrogens is 737 g/mol. The molecule has 1 aliphatic carbocycles. The van der Waals surface area contributed by atoms with E-state index in [2.05, 4.69) is 46.0 Å². The fourth-order valence-electron chi connectivity index (χ4n) is 5.77. The third kappa shape index (κ3) is 12.9. The third-order valence-corrected chi connectivity index (χ3v) is 9.72. The van der Waals surface area contributed by atoms with E-state index in [1.165, 1.54) is 0 Å². The van der Waals surface area contributed by atoms with E-state index in [1.807, 2.05) is 36.4 Å². The Hall–Kier alpha value is -5.27. The standard InChI is InChI=1S/C34H39N3O6S.C8H9NOS/c1-34(2,3)43-32(40)36-20-10-9-15-29(31(39)44-23-18-16-22(17-19-23)30(38)35-4)37-33(41)42-21-28-26-13-7-5-11-24(26)25-12-6-8-14-27(25)28;1-9-8(10)6-2-4-7(11)5-3-6/h5-8,11-14,16-19,28-29H,9-10,15,20-21H2,1-4H3,(H,35,38)(H,36,40)(H,37,41);2-5,11H,1H3,(H,9,10). The van der Waals surface area contributed by atoms with Crippen molar-refractivity contribution in [2.24, 2.45) is 0 Å². The lowest BCUT2D eigenvalue weighted by atomic mass is 9.98. The van der Waals surface area contributed by atoms with Gasteiger partial charge >= 0.3 is 12.2 Å². The van der Waals surface area contributed by atoms with Gasteiger partial charge in [0, 0.05) is 47.5 Å². The molecule has 0 aromatic heterocycles. The number of thiol groups is 1. The smallest absolute Gasteiger partial charge is 0.407 e. The van der Waals surface area contributed by atoms with Crippen molar-refractivity contribution in [1.82, 2.24) is 21.3 Å². The van der Waals surface area contributed by atoms with Crippen LogP contribution in [0.4, 0.5) is 9.59 Å². The first-order chi connectivity index (χ1) is 26.3. The minimum Gasteiger partial charge on any atom is -0.449 e. The number of amides is 4. The van der Waals surface area contributed by atoms with Gasteiger partial charge in [0.15, 0.2) is 0 Å². The number of hydrogen-bond donors (Lipinski definition) is 5. The second kappa shape index (κ2) is 20.4. The molecular formula is C42H48N4O7S2. The summed E-state index contributed by atoms with van der Waals surface area (Å²) < 4.78 is 11.0. The van der Waals surface area contributed by atoms with E-state index in [4.69, 9.17) is 9.47 Å². The van der Waals surface area contributed by atoms with E-state index >= 15 is 0 Å². The van der Waals surface area contributed by atoms with Crippen LogP contribution in [0.3, 0.4) is 0 Å². The number of thioether (sulfide) groups is 1. The quantitative estimate of drug-likeness (QED) is 0.0560. The van der Waals surface area contributed by atoms with Crippen LogP contribution in [-0.4, -0.2) is 68.0 Å². The Bertz CT molecular complexity index is 1900. The van der Waals surface area contributed by atoms with Crippen LogP contribution in [0.5, 0.6) is 0 Å². The summed E-state index contributed by atoms with van der Waals surface area (Å²) in [4.78, 5) is 62.7. The van der Waals surface area contributed by atoms with Crippen LogP contribution in [0.25, 0.3) is 11.1 Å². The van der Waals surface area contributed by atoms with E-state index < -0.39 is 23.8 Å². The van der Waals surface area contributed by atoms with Crippen molar-refractivity contribution in [2.75, 3.05) is 27.2 Å². The average Bonchev–Trinajstić information content (AvgIpc) is 3.49. The van der Waals surface area contributed by atoms with Gasteiger partial charge in [0.1, 0.15) is 18.2 Å². The van der Waals surface area contributed by atoms with Crippen molar-refractivity contribution < 1.29 is 33.4 Å². The highest BCUT2D eigenvalue weighted by Crippen LogP contribution is 2.44. The van der Waals surface area contributed by atoms with Crippen LogP contribution in [-0.2, 0) is 14.3 Å². The lowest BCUT2D eigenvalue weighted by Gasteiger charge is -2.20. The largest absolute Gasteiger partial charge is 0.449 e. The molecule has 290 valence electrons. The summed E-state index contributed by atoms with van der Waals surface area (Å²) in [5.41, 5.74) is 5.00. The summed E-state index contributed by atoms with van der Waals surface area (Å²) in [5.74, 6) is -0.393. The monoisotopic (exact) mass is 784 g/mol. The molecule has 1 atom stereocenters. The maximum absolute atomic E-state index is 13.4. The maximum atomic E-state index is 13.4. The number of hydrogen-bond acceptors (Lipinski definition) is 9. The van der Waals surface area contributed by atoms with Gasteiger partial charge < -0.3 is 30.7 Å². The molecule has 0 heterocycles. The summed E-state index contributed by atoms with van der Waals surface area (Å²) in [6.07, 6.45) is 0.320. The zero-order valence-corrected chi connectivity index (χ0v) is 33.4. The molecule has 1 aliphatic rings. The fraction of sp³-hybridized carbons (Fsp3) is 0.310. The van der Waals surface area contributed by atoms with Crippen LogP contribution in [0, 0.1) is 0 Å². The average molecular weight is 785 g/mol. The van der Waals surface area contributed by atoms with Gasteiger partial charge in [-0.15, -0.1) is 12.6 Å². The lowest BCUT2D eigenvalue weighted by Crippen LogP contribution is -2.40. The van der Waals surface area contributed by atoms with Gasteiger partial charge in [-0.25, -0.2) is 9.59 Å². The number of carbonyl (C=O) groups is 5. The van der Waals surface area contributed by atoms with Gasteiger partial charge in [-0.1, -0.05) is 48.5 Å². The number of ether oxygens (including phenoxy) is 2. The first-order valence-corrected chi connectivity index (χ1v) is 19.2. The minimum atomic E-state index is -0.823. The molecule has 0 spiro atoms. The Morgan fingerprint density at radius 3 is 1.78 bits per heavy atom. The third-order valence-electron chi connectivity index (χ3n) is 8.43. The van der Waals surface area contributed by atoms with E-state index in [0.717, 1.165) is 38.9 Å². The highest BCUT2D eigenvalue weighted by Gasteiger charge is 2.30. The predicted octanol–water partition coefficient (Wildman–Crippen LogP) is 7.60. The van der Waals surface area contributed by atoms with Gasteiger partial charge in [-0.05, 0) is 123 Å². The lowest BCUT2D eigenvalue weighted by molar-refractivity contribution is -0.112. The van der Waals surface area contributed by atoms with Gasteiger partial charge in [-0.3, -0.25) is 14.4 Å². The fourth-order valence-corrected chi connectivity index (χ4v) is 6.75. The minimum absolute atomic E-state index is 0.0710. The molecule has 4 aromatic carbocycles. The van der Waals surface area contributed by atoms with E-state index in [9.17, 15) is 24.0 Å². The van der Waals surface area contributed by atoms with E-state index in [0.29, 0.717) is 41.8 Å². The molecule has 0 aliphatic heterocycles.